The van der Waals surface area contributed by atoms with Crippen LogP contribution in [0.25, 0.3) is 11.3 Å². The summed E-state index contributed by atoms with van der Waals surface area (Å²) >= 11 is 1.76. The Morgan fingerprint density at radius 2 is 1.95 bits per heavy atom. The zero-order valence-electron chi connectivity index (χ0n) is 22.7. The number of hydrogen-bond donors (Lipinski definition) is 1. The van der Waals surface area contributed by atoms with Crippen molar-refractivity contribution in [2.45, 2.75) is 49.9 Å². The number of benzene rings is 1. The zero-order chi connectivity index (χ0) is 26.0. The van der Waals surface area contributed by atoms with Gasteiger partial charge in [0.25, 0.3) is 5.91 Å². The molecule has 8 nitrogen and oxygen atoms in total. The van der Waals surface area contributed by atoms with Gasteiger partial charge < -0.3 is 24.2 Å². The van der Waals surface area contributed by atoms with Gasteiger partial charge in [-0.3, -0.25) is 9.89 Å². The fraction of sp³-hybridized carbons (Fsp3) is 0.643. The molecule has 2 saturated heterocycles. The molecule has 5 rings (SSSR count). The summed E-state index contributed by atoms with van der Waals surface area (Å²) in [6, 6.07) is 8.20. The number of nitrogens with zero attached hydrogens (tertiary/aromatic N) is 4. The minimum Gasteiger partial charge on any atom is -0.378 e. The highest BCUT2D eigenvalue weighted by Gasteiger charge is 2.28. The van der Waals surface area contributed by atoms with Crippen molar-refractivity contribution in [1.82, 2.24) is 24.9 Å². The average Bonchev–Trinajstić information content (AvgIpc) is 3.38. The van der Waals surface area contributed by atoms with E-state index in [1.807, 2.05) is 17.0 Å². The molecule has 1 aromatic carbocycles. The molecular weight excluding hydrogens is 486 g/mol. The lowest BCUT2D eigenvalue weighted by molar-refractivity contribution is 0.0298. The number of nitrogens with one attached hydrogen (secondary N) is 1. The van der Waals surface area contributed by atoms with Gasteiger partial charge in [0.1, 0.15) is 5.69 Å². The van der Waals surface area contributed by atoms with Crippen LogP contribution < -0.4 is 0 Å². The van der Waals surface area contributed by atoms with Crippen molar-refractivity contribution >= 4 is 17.7 Å². The third kappa shape index (κ3) is 7.80. The van der Waals surface area contributed by atoms with E-state index in [-0.39, 0.29) is 5.91 Å². The Kier molecular flexibility index (Phi) is 10.9. The Labute approximate surface area is 226 Å². The van der Waals surface area contributed by atoms with Crippen molar-refractivity contribution in [2.75, 3.05) is 72.7 Å². The van der Waals surface area contributed by atoms with E-state index in [9.17, 15) is 4.79 Å². The molecule has 1 aromatic heterocycles. The second kappa shape index (κ2) is 14.3. The maximum absolute atomic E-state index is 12.6. The number of carbonyl (C=O) groups excluding carboxylic acids is 1. The number of likely N-dealkylation sites (N-methyl/N-ethyl adjacent to an activating group) is 1. The number of aromatic amines is 1. The molecule has 0 spiro atoms. The number of morpholine rings is 1. The molecule has 1 amide bonds. The van der Waals surface area contributed by atoms with Crippen molar-refractivity contribution in [3.8, 4) is 11.3 Å². The van der Waals surface area contributed by atoms with E-state index < -0.39 is 0 Å². The Balaban J connectivity index is 0.000000181. The molecule has 204 valence electrons. The molecule has 0 aliphatic carbocycles. The van der Waals surface area contributed by atoms with Gasteiger partial charge in [-0.15, -0.1) is 11.8 Å². The van der Waals surface area contributed by atoms with Crippen LogP contribution in [0, 0.1) is 0 Å². The number of piperidine rings is 1. The molecular formula is C28H43N5O3S. The van der Waals surface area contributed by atoms with Crippen molar-refractivity contribution in [1.29, 1.82) is 0 Å². The minimum absolute atomic E-state index is 0.0343. The predicted octanol–water partition coefficient (Wildman–Crippen LogP) is 3.98. The molecule has 4 heterocycles. The number of amides is 1. The van der Waals surface area contributed by atoms with Crippen LogP contribution in [0.4, 0.5) is 0 Å². The van der Waals surface area contributed by atoms with Crippen LogP contribution in [0.3, 0.4) is 0 Å². The Morgan fingerprint density at radius 1 is 1.19 bits per heavy atom. The lowest BCUT2D eigenvalue weighted by Gasteiger charge is -2.29. The maximum Gasteiger partial charge on any atom is 0.272 e. The molecule has 3 aliphatic rings. The normalized spacial score (nSPS) is 18.5. The number of hydrogen-bond acceptors (Lipinski definition) is 7. The molecule has 0 radical (unpaired) electrons. The number of fused-ring (bicyclic) bond motifs is 3. The van der Waals surface area contributed by atoms with Gasteiger partial charge in [0, 0.05) is 61.1 Å². The van der Waals surface area contributed by atoms with Crippen LogP contribution in [0.2, 0.25) is 0 Å². The second-order valence-electron chi connectivity index (χ2n) is 10.0. The highest BCUT2D eigenvalue weighted by atomic mass is 32.2. The van der Waals surface area contributed by atoms with Gasteiger partial charge in [0.05, 0.1) is 25.0 Å². The smallest absolute Gasteiger partial charge is 0.272 e. The first-order valence-electron chi connectivity index (χ1n) is 13.8. The number of H-pyrrole nitrogens is 1. The summed E-state index contributed by atoms with van der Waals surface area (Å²) in [5.74, 6) is 0.820. The molecule has 37 heavy (non-hydrogen) atoms. The van der Waals surface area contributed by atoms with E-state index in [2.05, 4.69) is 53.0 Å². The predicted molar refractivity (Wildman–Crippen MR) is 149 cm³/mol. The highest BCUT2D eigenvalue weighted by molar-refractivity contribution is 7.98. The van der Waals surface area contributed by atoms with Crippen LogP contribution >= 0.6 is 11.8 Å². The summed E-state index contributed by atoms with van der Waals surface area (Å²) in [4.78, 5) is 20.7. The van der Waals surface area contributed by atoms with Gasteiger partial charge in [0.2, 0.25) is 0 Å². The second-order valence-corrected chi connectivity index (χ2v) is 11.1. The lowest BCUT2D eigenvalue weighted by atomic mass is 10.1. The summed E-state index contributed by atoms with van der Waals surface area (Å²) in [6.07, 6.45) is 4.56. The fourth-order valence-corrected chi connectivity index (χ4v) is 6.21. The van der Waals surface area contributed by atoms with Crippen LogP contribution in [0.1, 0.15) is 49.2 Å². The summed E-state index contributed by atoms with van der Waals surface area (Å²) in [5, 5.41) is 7.36. The van der Waals surface area contributed by atoms with Crippen LogP contribution in [0.5, 0.6) is 0 Å². The highest BCUT2D eigenvalue weighted by Crippen LogP contribution is 2.41. The monoisotopic (exact) mass is 529 g/mol. The standard InChI is InChI=1S/C15H15N3O2S.C13H28N2O/c19-15(18-5-7-20-8-6-18)14-11-9-21-12-4-2-1-3-10(12)13(11)16-17-14;1-4-16-13(2)12-14(3)10-11-15-8-6-5-7-9-15/h1-4H,5-9H2,(H,16,17);13H,4-12H2,1-3H3. The van der Waals surface area contributed by atoms with Gasteiger partial charge in [-0.05, 0) is 52.9 Å². The average molecular weight is 530 g/mol. The quantitative estimate of drug-likeness (QED) is 0.554. The number of rotatable bonds is 8. The van der Waals surface area contributed by atoms with E-state index in [0.717, 1.165) is 42.3 Å². The molecule has 1 atom stereocenters. The summed E-state index contributed by atoms with van der Waals surface area (Å²) in [6.45, 7) is 13.6. The lowest BCUT2D eigenvalue weighted by Crippen LogP contribution is -2.41. The third-order valence-electron chi connectivity index (χ3n) is 7.16. The maximum atomic E-state index is 12.6. The summed E-state index contributed by atoms with van der Waals surface area (Å²) in [5.41, 5.74) is 3.69. The SMILES string of the molecule is CCOC(C)CN(C)CCN1CCCCC1.O=C(c1[nH]nc2c1CSc1ccccc1-2)N1CCOCC1. The first-order chi connectivity index (χ1) is 18.1. The molecule has 0 bridgehead atoms. The van der Waals surface area contributed by atoms with E-state index in [1.54, 1.807) is 11.8 Å². The molecule has 1 N–H and O–H groups in total. The van der Waals surface area contributed by atoms with E-state index in [1.165, 1.54) is 43.8 Å². The molecule has 1 unspecified atom stereocenters. The third-order valence-corrected chi connectivity index (χ3v) is 8.26. The fourth-order valence-electron chi connectivity index (χ4n) is 5.13. The number of carbonyl (C=O) groups is 1. The topological polar surface area (TPSA) is 73.9 Å². The van der Waals surface area contributed by atoms with Gasteiger partial charge in [-0.2, -0.15) is 5.10 Å². The van der Waals surface area contributed by atoms with Gasteiger partial charge >= 0.3 is 0 Å². The summed E-state index contributed by atoms with van der Waals surface area (Å²) < 4.78 is 10.9. The van der Waals surface area contributed by atoms with Crippen molar-refractivity contribution in [3.63, 3.8) is 0 Å². The van der Waals surface area contributed by atoms with Gasteiger partial charge in [-0.1, -0.05) is 24.6 Å². The Bertz CT molecular complexity index is 988. The van der Waals surface area contributed by atoms with Crippen molar-refractivity contribution in [2.24, 2.45) is 0 Å². The zero-order valence-corrected chi connectivity index (χ0v) is 23.5. The van der Waals surface area contributed by atoms with E-state index >= 15 is 0 Å². The van der Waals surface area contributed by atoms with Crippen LogP contribution in [-0.2, 0) is 15.2 Å². The Hall–Kier alpha value is -1.91. The van der Waals surface area contributed by atoms with Crippen LogP contribution in [-0.4, -0.2) is 110 Å². The van der Waals surface area contributed by atoms with Crippen molar-refractivity contribution < 1.29 is 14.3 Å². The van der Waals surface area contributed by atoms with Gasteiger partial charge in [0.15, 0.2) is 0 Å². The van der Waals surface area contributed by atoms with E-state index in [4.69, 9.17) is 9.47 Å². The molecule has 2 fully saturated rings. The largest absolute Gasteiger partial charge is 0.378 e. The number of aromatic nitrogens is 2. The molecule has 2 aromatic rings. The minimum atomic E-state index is 0.0343. The Morgan fingerprint density at radius 3 is 2.70 bits per heavy atom. The van der Waals surface area contributed by atoms with Crippen molar-refractivity contribution in [3.05, 3.63) is 35.5 Å². The number of thioether (sulfide) groups is 1. The number of likely N-dealkylation sites (tertiary alicyclic amines) is 1. The molecule has 9 heteroatoms. The van der Waals surface area contributed by atoms with Crippen LogP contribution in [0.15, 0.2) is 29.2 Å². The first-order valence-corrected chi connectivity index (χ1v) is 14.7. The summed E-state index contributed by atoms with van der Waals surface area (Å²) in [7, 11) is 2.19. The molecule has 3 aliphatic heterocycles. The molecule has 0 saturated carbocycles. The van der Waals surface area contributed by atoms with Gasteiger partial charge in [-0.25, -0.2) is 0 Å². The first kappa shape index (κ1) is 28.1. The number of ether oxygens (including phenoxy) is 2. The van der Waals surface area contributed by atoms with E-state index in [0.29, 0.717) is 38.1 Å².